The van der Waals surface area contributed by atoms with Gasteiger partial charge in [-0.3, -0.25) is 9.36 Å². The SMILES string of the molecule is C[C@H](C(=O)N1CCCC1)c1ccc(-c2cccn2C(=O)OC(C)(C)C)cc1. The van der Waals surface area contributed by atoms with Gasteiger partial charge in [-0.05, 0) is 63.8 Å². The van der Waals surface area contributed by atoms with Crippen molar-refractivity contribution in [2.24, 2.45) is 0 Å². The fourth-order valence-corrected chi connectivity index (χ4v) is 3.38. The first kappa shape index (κ1) is 19.2. The van der Waals surface area contributed by atoms with Crippen LogP contribution < -0.4 is 0 Å². The number of benzene rings is 1. The lowest BCUT2D eigenvalue weighted by Gasteiger charge is -2.21. The van der Waals surface area contributed by atoms with E-state index in [-0.39, 0.29) is 11.8 Å². The van der Waals surface area contributed by atoms with Gasteiger partial charge in [0.15, 0.2) is 0 Å². The average molecular weight is 368 g/mol. The van der Waals surface area contributed by atoms with Crippen LogP contribution in [-0.4, -0.2) is 40.2 Å². The Balaban J connectivity index is 1.77. The molecule has 1 aliphatic heterocycles. The van der Waals surface area contributed by atoms with E-state index in [1.165, 1.54) is 4.57 Å². The number of aromatic nitrogens is 1. The first-order valence-corrected chi connectivity index (χ1v) is 9.56. The minimum absolute atomic E-state index is 0.158. The number of carbonyl (C=O) groups excluding carboxylic acids is 2. The topological polar surface area (TPSA) is 51.5 Å². The van der Waals surface area contributed by atoms with E-state index in [1.807, 2.05) is 69.0 Å². The zero-order chi connectivity index (χ0) is 19.6. The van der Waals surface area contributed by atoms with Gasteiger partial charge in [-0.15, -0.1) is 0 Å². The average Bonchev–Trinajstić information content (AvgIpc) is 3.30. The van der Waals surface area contributed by atoms with Gasteiger partial charge >= 0.3 is 6.09 Å². The Morgan fingerprint density at radius 3 is 2.26 bits per heavy atom. The largest absolute Gasteiger partial charge is 0.443 e. The summed E-state index contributed by atoms with van der Waals surface area (Å²) in [6.07, 6.45) is 3.50. The van der Waals surface area contributed by atoms with Crippen LogP contribution in [0.15, 0.2) is 42.6 Å². The second-order valence-corrected chi connectivity index (χ2v) is 8.12. The number of carbonyl (C=O) groups is 2. The van der Waals surface area contributed by atoms with E-state index >= 15 is 0 Å². The highest BCUT2D eigenvalue weighted by Gasteiger charge is 2.24. The fraction of sp³-hybridized carbons (Fsp3) is 0.455. The predicted octanol–water partition coefficient (Wildman–Crippen LogP) is 4.66. The second-order valence-electron chi connectivity index (χ2n) is 8.12. The smallest absolute Gasteiger partial charge is 0.418 e. The molecule has 27 heavy (non-hydrogen) atoms. The number of ether oxygens (including phenoxy) is 1. The molecule has 1 amide bonds. The molecule has 1 aliphatic rings. The maximum atomic E-state index is 12.6. The van der Waals surface area contributed by atoms with E-state index in [0.717, 1.165) is 42.8 Å². The lowest BCUT2D eigenvalue weighted by molar-refractivity contribution is -0.131. The Bertz CT molecular complexity index is 809. The molecule has 0 bridgehead atoms. The van der Waals surface area contributed by atoms with E-state index in [0.29, 0.717) is 0 Å². The van der Waals surface area contributed by atoms with Gasteiger partial charge in [-0.1, -0.05) is 24.3 Å². The van der Waals surface area contributed by atoms with E-state index in [4.69, 9.17) is 4.74 Å². The van der Waals surface area contributed by atoms with Gasteiger partial charge in [-0.2, -0.15) is 0 Å². The van der Waals surface area contributed by atoms with Crippen LogP contribution in [0.2, 0.25) is 0 Å². The third kappa shape index (κ3) is 4.41. The minimum Gasteiger partial charge on any atom is -0.443 e. The molecular weight excluding hydrogens is 340 g/mol. The standard InChI is InChI=1S/C22H28N2O3/c1-16(20(25)23-13-5-6-14-23)17-9-11-18(12-10-17)19-8-7-15-24(19)21(26)27-22(2,3)4/h7-12,15-16H,5-6,13-14H2,1-4H3/t16-/m0/s1. The van der Waals surface area contributed by atoms with Crippen molar-refractivity contribution in [1.29, 1.82) is 0 Å². The van der Waals surface area contributed by atoms with Crippen molar-refractivity contribution in [3.05, 3.63) is 48.2 Å². The van der Waals surface area contributed by atoms with Crippen LogP contribution in [0.3, 0.4) is 0 Å². The highest BCUT2D eigenvalue weighted by atomic mass is 16.6. The molecule has 0 saturated carbocycles. The number of rotatable bonds is 3. The van der Waals surface area contributed by atoms with Crippen molar-refractivity contribution in [2.75, 3.05) is 13.1 Å². The molecule has 1 atom stereocenters. The zero-order valence-electron chi connectivity index (χ0n) is 16.6. The lowest BCUT2D eigenvalue weighted by atomic mass is 9.98. The van der Waals surface area contributed by atoms with Gasteiger partial charge in [0.25, 0.3) is 0 Å². The first-order chi connectivity index (χ1) is 12.8. The van der Waals surface area contributed by atoms with Gasteiger partial charge < -0.3 is 9.64 Å². The Kier molecular flexibility index (Phi) is 5.40. The normalized spacial score (nSPS) is 15.6. The summed E-state index contributed by atoms with van der Waals surface area (Å²) in [4.78, 5) is 27.0. The van der Waals surface area contributed by atoms with Crippen LogP contribution in [0.5, 0.6) is 0 Å². The number of hydrogen-bond acceptors (Lipinski definition) is 3. The molecule has 1 aromatic heterocycles. The van der Waals surface area contributed by atoms with Crippen molar-refractivity contribution in [3.8, 4) is 11.3 Å². The summed E-state index contributed by atoms with van der Waals surface area (Å²) >= 11 is 0. The summed E-state index contributed by atoms with van der Waals surface area (Å²) < 4.78 is 6.98. The highest BCUT2D eigenvalue weighted by Crippen LogP contribution is 2.26. The Labute approximate surface area is 160 Å². The van der Waals surface area contributed by atoms with Gasteiger partial charge in [0.2, 0.25) is 5.91 Å². The third-order valence-electron chi connectivity index (χ3n) is 4.83. The van der Waals surface area contributed by atoms with E-state index in [9.17, 15) is 9.59 Å². The van der Waals surface area contributed by atoms with E-state index in [2.05, 4.69) is 0 Å². The van der Waals surface area contributed by atoms with Crippen LogP contribution >= 0.6 is 0 Å². The maximum absolute atomic E-state index is 12.6. The molecule has 0 radical (unpaired) electrons. The molecule has 3 rings (SSSR count). The Morgan fingerprint density at radius 1 is 1.04 bits per heavy atom. The number of amides is 1. The second kappa shape index (κ2) is 7.59. The molecule has 1 fully saturated rings. The summed E-state index contributed by atoms with van der Waals surface area (Å²) in [5.41, 5.74) is 2.13. The fourth-order valence-electron chi connectivity index (χ4n) is 3.38. The number of nitrogens with zero attached hydrogens (tertiary/aromatic N) is 2. The van der Waals surface area contributed by atoms with Gasteiger partial charge in [0.1, 0.15) is 5.60 Å². The molecule has 5 heteroatoms. The van der Waals surface area contributed by atoms with Crippen LogP contribution in [0.4, 0.5) is 4.79 Å². The summed E-state index contributed by atoms with van der Waals surface area (Å²) in [5.74, 6) is 0.0344. The summed E-state index contributed by atoms with van der Waals surface area (Å²) in [5, 5.41) is 0. The molecule has 0 spiro atoms. The lowest BCUT2D eigenvalue weighted by Crippen LogP contribution is -2.31. The zero-order valence-corrected chi connectivity index (χ0v) is 16.6. The minimum atomic E-state index is -0.548. The number of hydrogen-bond donors (Lipinski definition) is 0. The molecule has 1 aromatic carbocycles. The molecular formula is C22H28N2O3. The molecule has 1 saturated heterocycles. The summed E-state index contributed by atoms with van der Waals surface area (Å²) in [7, 11) is 0. The Hall–Kier alpha value is -2.56. The molecule has 144 valence electrons. The van der Waals surface area contributed by atoms with Crippen LogP contribution in [0.25, 0.3) is 11.3 Å². The van der Waals surface area contributed by atoms with Gasteiger partial charge in [-0.25, -0.2) is 4.79 Å². The highest BCUT2D eigenvalue weighted by molar-refractivity contribution is 5.84. The van der Waals surface area contributed by atoms with E-state index < -0.39 is 11.7 Å². The third-order valence-corrected chi connectivity index (χ3v) is 4.83. The van der Waals surface area contributed by atoms with Gasteiger partial charge in [0, 0.05) is 19.3 Å². The van der Waals surface area contributed by atoms with Crippen molar-refractivity contribution in [1.82, 2.24) is 9.47 Å². The van der Waals surface area contributed by atoms with E-state index in [1.54, 1.807) is 6.20 Å². The van der Waals surface area contributed by atoms with Crippen LogP contribution in [0.1, 0.15) is 52.0 Å². The van der Waals surface area contributed by atoms with Crippen molar-refractivity contribution in [2.45, 2.75) is 52.1 Å². The molecule has 2 heterocycles. The quantitative estimate of drug-likeness (QED) is 0.791. The van der Waals surface area contributed by atoms with Crippen LogP contribution in [0, 0.1) is 0 Å². The molecule has 0 aliphatic carbocycles. The predicted molar refractivity (Wildman–Crippen MR) is 106 cm³/mol. The maximum Gasteiger partial charge on any atom is 0.418 e. The number of likely N-dealkylation sites (tertiary alicyclic amines) is 1. The monoisotopic (exact) mass is 368 g/mol. The first-order valence-electron chi connectivity index (χ1n) is 9.56. The molecule has 0 unspecified atom stereocenters. The van der Waals surface area contributed by atoms with Crippen molar-refractivity contribution >= 4 is 12.0 Å². The molecule has 5 nitrogen and oxygen atoms in total. The van der Waals surface area contributed by atoms with Crippen molar-refractivity contribution < 1.29 is 14.3 Å². The Morgan fingerprint density at radius 2 is 1.67 bits per heavy atom. The summed E-state index contributed by atoms with van der Waals surface area (Å²) in [6, 6.07) is 11.6. The van der Waals surface area contributed by atoms with Crippen LogP contribution in [-0.2, 0) is 9.53 Å². The van der Waals surface area contributed by atoms with Crippen molar-refractivity contribution in [3.63, 3.8) is 0 Å². The summed E-state index contributed by atoms with van der Waals surface area (Å²) in [6.45, 7) is 9.24. The molecule has 0 N–H and O–H groups in total. The molecule has 2 aromatic rings. The van der Waals surface area contributed by atoms with Gasteiger partial charge in [0.05, 0.1) is 11.6 Å².